The second kappa shape index (κ2) is 3.41. The van der Waals surface area contributed by atoms with E-state index in [9.17, 15) is 19.3 Å². The van der Waals surface area contributed by atoms with Crippen molar-refractivity contribution in [3.63, 3.8) is 0 Å². The predicted molar refractivity (Wildman–Crippen MR) is 55.0 cm³/mol. The van der Waals surface area contributed by atoms with Crippen molar-refractivity contribution in [2.24, 2.45) is 0 Å². The Labute approximate surface area is 89.0 Å². The van der Waals surface area contributed by atoms with E-state index in [1.165, 1.54) is 6.07 Å². The quantitative estimate of drug-likeness (QED) is 0.481. The highest BCUT2D eigenvalue weighted by Crippen LogP contribution is 2.32. The zero-order valence-electron chi connectivity index (χ0n) is 8.28. The van der Waals surface area contributed by atoms with Gasteiger partial charge in [0, 0.05) is 11.3 Å². The van der Waals surface area contributed by atoms with Gasteiger partial charge in [-0.05, 0) is 19.1 Å². The summed E-state index contributed by atoms with van der Waals surface area (Å²) in [5, 5.41) is 10.8. The van der Waals surface area contributed by atoms with Gasteiger partial charge in [-0.15, -0.1) is 0 Å². The predicted octanol–water partition coefficient (Wildman–Crippen LogP) is 2.34. The molecule has 0 atom stereocenters. The highest BCUT2D eigenvalue weighted by Gasteiger charge is 2.23. The highest BCUT2D eigenvalue weighted by atomic mass is 19.1. The number of nitrogens with one attached hydrogen (secondary N) is 1. The van der Waals surface area contributed by atoms with E-state index in [0.717, 1.165) is 6.07 Å². The van der Waals surface area contributed by atoms with E-state index >= 15 is 0 Å². The molecule has 0 bridgehead atoms. The molecule has 0 saturated heterocycles. The van der Waals surface area contributed by atoms with Crippen LogP contribution in [0.2, 0.25) is 0 Å². The summed E-state index contributed by atoms with van der Waals surface area (Å²) in [5.41, 5.74) is 0.330. The van der Waals surface area contributed by atoms with Gasteiger partial charge in [-0.3, -0.25) is 14.9 Å². The number of nitro benzene ring substituents is 1. The molecule has 0 amide bonds. The Kier molecular flexibility index (Phi) is 2.19. The van der Waals surface area contributed by atoms with Crippen LogP contribution in [0.5, 0.6) is 0 Å². The van der Waals surface area contributed by atoms with Crippen molar-refractivity contribution in [2.75, 3.05) is 0 Å². The molecule has 0 unspecified atom stereocenters. The Hall–Kier alpha value is -2.24. The van der Waals surface area contributed by atoms with Crippen molar-refractivity contribution in [2.45, 2.75) is 6.92 Å². The maximum absolute atomic E-state index is 13.3. The van der Waals surface area contributed by atoms with E-state index in [2.05, 4.69) is 4.98 Å². The first-order valence-electron chi connectivity index (χ1n) is 4.46. The number of aromatic amines is 1. The maximum atomic E-state index is 13.3. The SMILES string of the molecule is Cc1[nH]c2ccc(F)c([N+](=O)[O-])c2c1C=O. The number of carbonyl (C=O) groups excluding carboxylic acids is 1. The van der Waals surface area contributed by atoms with E-state index in [1.807, 2.05) is 0 Å². The summed E-state index contributed by atoms with van der Waals surface area (Å²) in [7, 11) is 0. The van der Waals surface area contributed by atoms with Crippen LogP contribution in [-0.4, -0.2) is 16.2 Å². The lowest BCUT2D eigenvalue weighted by Gasteiger charge is -1.96. The molecule has 2 rings (SSSR count). The van der Waals surface area contributed by atoms with Crippen molar-refractivity contribution in [1.29, 1.82) is 0 Å². The molecular formula is C10H7FN2O3. The van der Waals surface area contributed by atoms with Crippen molar-refractivity contribution < 1.29 is 14.1 Å². The first kappa shape index (κ1) is 10.3. The summed E-state index contributed by atoms with van der Waals surface area (Å²) in [6.45, 7) is 1.60. The molecule has 5 nitrogen and oxygen atoms in total. The van der Waals surface area contributed by atoms with E-state index in [0.29, 0.717) is 17.5 Å². The van der Waals surface area contributed by atoms with E-state index in [4.69, 9.17) is 0 Å². The topological polar surface area (TPSA) is 76.0 Å². The van der Waals surface area contributed by atoms with Crippen molar-refractivity contribution in [1.82, 2.24) is 4.98 Å². The molecule has 6 heteroatoms. The third-order valence-electron chi connectivity index (χ3n) is 2.42. The van der Waals surface area contributed by atoms with Crippen LogP contribution >= 0.6 is 0 Å². The van der Waals surface area contributed by atoms with Crippen LogP contribution in [0.3, 0.4) is 0 Å². The minimum atomic E-state index is -0.945. The summed E-state index contributed by atoms with van der Waals surface area (Å²) in [4.78, 5) is 23.5. The zero-order chi connectivity index (χ0) is 11.9. The summed E-state index contributed by atoms with van der Waals surface area (Å²) in [6.07, 6.45) is 0.487. The van der Waals surface area contributed by atoms with Crippen molar-refractivity contribution in [3.05, 3.63) is 39.3 Å². The fourth-order valence-corrected chi connectivity index (χ4v) is 1.73. The van der Waals surface area contributed by atoms with Gasteiger partial charge in [-0.1, -0.05) is 0 Å². The van der Waals surface area contributed by atoms with E-state index in [-0.39, 0.29) is 10.9 Å². The number of benzene rings is 1. The van der Waals surface area contributed by atoms with Crippen LogP contribution in [0.4, 0.5) is 10.1 Å². The minimum Gasteiger partial charge on any atom is -0.358 e. The van der Waals surface area contributed by atoms with Crippen LogP contribution in [0, 0.1) is 22.9 Å². The fraction of sp³-hybridized carbons (Fsp3) is 0.100. The molecule has 0 spiro atoms. The number of rotatable bonds is 2. The average Bonchev–Trinajstić information content (AvgIpc) is 2.53. The van der Waals surface area contributed by atoms with Gasteiger partial charge in [0.05, 0.1) is 15.8 Å². The minimum absolute atomic E-state index is 0.0255. The van der Waals surface area contributed by atoms with Gasteiger partial charge in [0.15, 0.2) is 6.29 Å². The van der Waals surface area contributed by atoms with Gasteiger partial charge < -0.3 is 4.98 Å². The number of H-pyrrole nitrogens is 1. The van der Waals surface area contributed by atoms with E-state index in [1.54, 1.807) is 6.92 Å². The Morgan fingerprint density at radius 2 is 2.19 bits per heavy atom. The maximum Gasteiger partial charge on any atom is 0.314 e. The van der Waals surface area contributed by atoms with Gasteiger partial charge in [0.25, 0.3) is 0 Å². The van der Waals surface area contributed by atoms with Gasteiger partial charge in [0.2, 0.25) is 5.82 Å². The normalized spacial score (nSPS) is 10.6. The Morgan fingerprint density at radius 1 is 1.50 bits per heavy atom. The van der Waals surface area contributed by atoms with Gasteiger partial charge in [0.1, 0.15) is 0 Å². The Balaban J connectivity index is 3.00. The Morgan fingerprint density at radius 3 is 2.75 bits per heavy atom. The molecule has 1 heterocycles. The molecule has 0 aliphatic rings. The molecule has 1 N–H and O–H groups in total. The number of hydrogen-bond acceptors (Lipinski definition) is 3. The molecule has 0 fully saturated rings. The van der Waals surface area contributed by atoms with Crippen LogP contribution in [0.25, 0.3) is 10.9 Å². The lowest BCUT2D eigenvalue weighted by Crippen LogP contribution is -1.94. The molecule has 82 valence electrons. The lowest BCUT2D eigenvalue weighted by atomic mass is 10.1. The monoisotopic (exact) mass is 222 g/mol. The molecule has 1 aromatic carbocycles. The van der Waals surface area contributed by atoms with Crippen LogP contribution in [-0.2, 0) is 0 Å². The lowest BCUT2D eigenvalue weighted by molar-refractivity contribution is -0.385. The average molecular weight is 222 g/mol. The smallest absolute Gasteiger partial charge is 0.314 e. The number of aromatic nitrogens is 1. The highest BCUT2D eigenvalue weighted by molar-refractivity contribution is 6.04. The number of aldehydes is 1. The Bertz CT molecular complexity index is 604. The van der Waals surface area contributed by atoms with Crippen molar-refractivity contribution in [3.8, 4) is 0 Å². The second-order valence-electron chi connectivity index (χ2n) is 3.36. The third kappa shape index (κ3) is 1.27. The first-order chi connectivity index (χ1) is 7.56. The second-order valence-corrected chi connectivity index (χ2v) is 3.36. The zero-order valence-corrected chi connectivity index (χ0v) is 8.28. The van der Waals surface area contributed by atoms with Gasteiger partial charge >= 0.3 is 5.69 Å². The molecule has 2 aromatic rings. The number of aryl methyl sites for hydroxylation is 1. The molecule has 0 aliphatic heterocycles. The number of halogens is 1. The number of nitrogens with zero attached hydrogens (tertiary/aromatic N) is 1. The summed E-state index contributed by atoms with van der Waals surface area (Å²) < 4.78 is 13.3. The molecule has 16 heavy (non-hydrogen) atoms. The van der Waals surface area contributed by atoms with Crippen LogP contribution in [0.15, 0.2) is 12.1 Å². The number of fused-ring (bicyclic) bond motifs is 1. The summed E-state index contributed by atoms with van der Waals surface area (Å²) in [5.74, 6) is -0.945. The molecular weight excluding hydrogens is 215 g/mol. The van der Waals surface area contributed by atoms with Crippen LogP contribution < -0.4 is 0 Å². The van der Waals surface area contributed by atoms with Crippen molar-refractivity contribution >= 4 is 22.9 Å². The number of nitro groups is 1. The number of carbonyl (C=O) groups is 1. The molecule has 0 saturated carbocycles. The molecule has 1 aromatic heterocycles. The molecule has 0 radical (unpaired) electrons. The number of hydrogen-bond donors (Lipinski definition) is 1. The molecule has 0 aliphatic carbocycles. The van der Waals surface area contributed by atoms with Crippen LogP contribution in [0.1, 0.15) is 16.1 Å². The van der Waals surface area contributed by atoms with Gasteiger partial charge in [-0.2, -0.15) is 4.39 Å². The van der Waals surface area contributed by atoms with E-state index < -0.39 is 16.4 Å². The standard InChI is InChI=1S/C10H7FN2O3/c1-5-6(4-14)9-8(12-5)3-2-7(11)10(9)13(15)16/h2-4,12H,1H3. The third-order valence-corrected chi connectivity index (χ3v) is 2.42. The largest absolute Gasteiger partial charge is 0.358 e. The van der Waals surface area contributed by atoms with Gasteiger partial charge in [-0.25, -0.2) is 0 Å². The first-order valence-corrected chi connectivity index (χ1v) is 4.46. The fourth-order valence-electron chi connectivity index (χ4n) is 1.73. The summed E-state index contributed by atoms with van der Waals surface area (Å²) >= 11 is 0. The summed E-state index contributed by atoms with van der Waals surface area (Å²) in [6, 6.07) is 2.38.